The quantitative estimate of drug-likeness (QED) is 0.638. The van der Waals surface area contributed by atoms with Crippen molar-refractivity contribution in [2.75, 3.05) is 6.61 Å². The Balaban J connectivity index is 2.09. The molecular weight excluding hydrogens is 248 g/mol. The highest BCUT2D eigenvalue weighted by atomic mass is 16.3. The molecule has 19 heavy (non-hydrogen) atoms. The number of fused-ring (bicyclic) bond motifs is 1. The van der Waals surface area contributed by atoms with Crippen LogP contribution in [0.5, 0.6) is 0 Å². The van der Waals surface area contributed by atoms with E-state index >= 15 is 0 Å². The van der Waals surface area contributed by atoms with Gasteiger partial charge in [0.15, 0.2) is 11.2 Å². The molecule has 100 valence electrons. The Labute approximate surface area is 108 Å². The summed E-state index contributed by atoms with van der Waals surface area (Å²) in [6, 6.07) is -0.202. The number of imidazole rings is 1. The maximum absolute atomic E-state index is 11.6. The normalized spacial score (nSPS) is 27.3. The minimum Gasteiger partial charge on any atom is -0.396 e. The summed E-state index contributed by atoms with van der Waals surface area (Å²) in [5.74, 6) is -0.343. The monoisotopic (exact) mass is 262 g/mol. The molecule has 7 nitrogen and oxygen atoms in total. The van der Waals surface area contributed by atoms with Crippen molar-refractivity contribution in [2.24, 2.45) is 5.92 Å². The minimum atomic E-state index is -0.637. The number of nitrogens with zero attached hydrogens (tertiary/aromatic N) is 3. The van der Waals surface area contributed by atoms with Gasteiger partial charge in [-0.2, -0.15) is 0 Å². The zero-order chi connectivity index (χ0) is 13.6. The third kappa shape index (κ3) is 1.70. The van der Waals surface area contributed by atoms with E-state index in [0.29, 0.717) is 12.1 Å². The third-order valence-electron chi connectivity index (χ3n) is 3.73. The predicted molar refractivity (Wildman–Crippen MR) is 67.5 cm³/mol. The molecule has 3 atom stereocenters. The lowest BCUT2D eigenvalue weighted by molar-refractivity contribution is 0.101. The molecule has 1 aliphatic carbocycles. The van der Waals surface area contributed by atoms with Crippen LogP contribution in [0.15, 0.2) is 29.6 Å². The van der Waals surface area contributed by atoms with E-state index < -0.39 is 6.10 Å². The molecule has 0 radical (unpaired) electrons. The van der Waals surface area contributed by atoms with Crippen LogP contribution < -0.4 is 5.56 Å². The van der Waals surface area contributed by atoms with Gasteiger partial charge in [-0.05, 0) is 12.0 Å². The van der Waals surface area contributed by atoms with Crippen molar-refractivity contribution in [2.45, 2.75) is 18.6 Å². The first-order valence-corrected chi connectivity index (χ1v) is 6.01. The molecule has 7 heteroatoms. The van der Waals surface area contributed by atoms with Crippen LogP contribution in [0.2, 0.25) is 0 Å². The number of aliphatic hydroxyl groups is 2. The largest absolute Gasteiger partial charge is 0.396 e. The molecule has 1 fully saturated rings. The molecule has 0 aliphatic heterocycles. The van der Waals surface area contributed by atoms with Crippen LogP contribution in [0.1, 0.15) is 12.5 Å². The molecule has 0 saturated heterocycles. The van der Waals surface area contributed by atoms with Gasteiger partial charge in [-0.15, -0.1) is 0 Å². The zero-order valence-corrected chi connectivity index (χ0v) is 10.2. The Bertz CT molecular complexity index is 690. The molecule has 2 aromatic heterocycles. The lowest BCUT2D eigenvalue weighted by atomic mass is 10.0. The van der Waals surface area contributed by atoms with Crippen LogP contribution in [0.3, 0.4) is 0 Å². The van der Waals surface area contributed by atoms with Gasteiger partial charge in [0.05, 0.1) is 31.4 Å². The molecule has 3 N–H and O–H groups in total. The number of H-pyrrole nitrogens is 1. The maximum Gasteiger partial charge on any atom is 0.278 e. The van der Waals surface area contributed by atoms with E-state index in [1.165, 1.54) is 12.7 Å². The van der Waals surface area contributed by atoms with Crippen LogP contribution in [0.25, 0.3) is 11.2 Å². The second-order valence-electron chi connectivity index (χ2n) is 4.74. The third-order valence-corrected chi connectivity index (χ3v) is 3.73. The molecule has 2 heterocycles. The first-order chi connectivity index (χ1) is 9.13. The van der Waals surface area contributed by atoms with Gasteiger partial charge < -0.3 is 19.8 Å². The Kier molecular flexibility index (Phi) is 2.72. The van der Waals surface area contributed by atoms with Gasteiger partial charge in [-0.25, -0.2) is 9.97 Å². The first-order valence-electron chi connectivity index (χ1n) is 6.01. The number of hydrogen-bond acceptors (Lipinski definition) is 5. The molecule has 1 saturated carbocycles. The van der Waals surface area contributed by atoms with Crippen LogP contribution in [0.4, 0.5) is 0 Å². The molecule has 3 unspecified atom stereocenters. The minimum absolute atomic E-state index is 0.142. The second kappa shape index (κ2) is 4.29. The smallest absolute Gasteiger partial charge is 0.278 e. The summed E-state index contributed by atoms with van der Waals surface area (Å²) in [6.45, 7) is 3.80. The van der Waals surface area contributed by atoms with Gasteiger partial charge in [0, 0.05) is 5.92 Å². The highest BCUT2D eigenvalue weighted by Crippen LogP contribution is 2.39. The van der Waals surface area contributed by atoms with Crippen LogP contribution in [-0.4, -0.2) is 42.4 Å². The van der Waals surface area contributed by atoms with E-state index in [-0.39, 0.29) is 29.6 Å². The van der Waals surface area contributed by atoms with E-state index in [9.17, 15) is 15.0 Å². The molecular formula is C12H14N4O3. The summed E-state index contributed by atoms with van der Waals surface area (Å²) in [5, 5.41) is 19.2. The Morgan fingerprint density at radius 3 is 3.00 bits per heavy atom. The highest BCUT2D eigenvalue weighted by molar-refractivity contribution is 5.69. The van der Waals surface area contributed by atoms with Gasteiger partial charge >= 0.3 is 0 Å². The number of nitrogens with one attached hydrogen (secondary N) is 1. The average molecular weight is 262 g/mol. The number of aliphatic hydroxyl groups excluding tert-OH is 2. The van der Waals surface area contributed by atoms with E-state index in [0.717, 1.165) is 5.57 Å². The molecule has 2 aromatic rings. The molecule has 0 amide bonds. The van der Waals surface area contributed by atoms with Gasteiger partial charge in [0.1, 0.15) is 0 Å². The number of aromatic amines is 1. The summed E-state index contributed by atoms with van der Waals surface area (Å²) in [4.78, 5) is 22.2. The summed E-state index contributed by atoms with van der Waals surface area (Å²) in [6.07, 6.45) is 2.64. The van der Waals surface area contributed by atoms with Crippen molar-refractivity contribution >= 4 is 11.2 Å². The number of aromatic nitrogens is 4. The zero-order valence-electron chi connectivity index (χ0n) is 10.2. The molecule has 0 bridgehead atoms. The van der Waals surface area contributed by atoms with Crippen molar-refractivity contribution in [3.05, 3.63) is 35.2 Å². The fourth-order valence-electron chi connectivity index (χ4n) is 2.66. The van der Waals surface area contributed by atoms with Gasteiger partial charge in [0.2, 0.25) is 0 Å². The van der Waals surface area contributed by atoms with Gasteiger partial charge in [0.25, 0.3) is 5.56 Å². The second-order valence-corrected chi connectivity index (χ2v) is 4.74. The van der Waals surface area contributed by atoms with E-state index in [2.05, 4.69) is 21.5 Å². The molecule has 1 aliphatic rings. The Hall–Kier alpha value is -1.99. The summed E-state index contributed by atoms with van der Waals surface area (Å²) in [7, 11) is 0. The van der Waals surface area contributed by atoms with Crippen molar-refractivity contribution < 1.29 is 10.2 Å². The van der Waals surface area contributed by atoms with Crippen LogP contribution in [0, 0.1) is 5.92 Å². The fourth-order valence-corrected chi connectivity index (χ4v) is 2.66. The van der Waals surface area contributed by atoms with E-state index in [1.54, 1.807) is 4.57 Å². The Morgan fingerprint density at radius 1 is 1.53 bits per heavy atom. The summed E-state index contributed by atoms with van der Waals surface area (Å²) < 4.78 is 1.73. The fraction of sp³-hybridized carbons (Fsp3) is 0.417. The van der Waals surface area contributed by atoms with E-state index in [4.69, 9.17) is 0 Å². The van der Waals surface area contributed by atoms with Gasteiger partial charge in [-0.3, -0.25) is 4.79 Å². The van der Waals surface area contributed by atoms with E-state index in [1.807, 2.05) is 0 Å². The molecule has 0 aromatic carbocycles. The lowest BCUT2D eigenvalue weighted by Crippen LogP contribution is -2.17. The highest BCUT2D eigenvalue weighted by Gasteiger charge is 2.37. The summed E-state index contributed by atoms with van der Waals surface area (Å²) in [5.41, 5.74) is 1.15. The average Bonchev–Trinajstić information content (AvgIpc) is 2.92. The first kappa shape index (κ1) is 12.1. The van der Waals surface area contributed by atoms with Crippen molar-refractivity contribution in [1.82, 2.24) is 19.5 Å². The molecule has 3 rings (SSSR count). The van der Waals surface area contributed by atoms with Crippen LogP contribution in [-0.2, 0) is 0 Å². The lowest BCUT2D eigenvalue weighted by Gasteiger charge is -2.15. The van der Waals surface area contributed by atoms with Crippen molar-refractivity contribution in [3.8, 4) is 0 Å². The Morgan fingerprint density at radius 2 is 2.32 bits per heavy atom. The maximum atomic E-state index is 11.6. The molecule has 0 spiro atoms. The van der Waals surface area contributed by atoms with Gasteiger partial charge in [-0.1, -0.05) is 6.58 Å². The summed E-state index contributed by atoms with van der Waals surface area (Å²) >= 11 is 0. The number of hydrogen-bond donors (Lipinski definition) is 3. The standard InChI is InChI=1S/C12H14N4O3/c1-6-7(3-17)9(18)2-8(6)16-5-15-10-11(16)13-4-14-12(10)19/h4-5,7-9,17-18H,1-3H2,(H,13,14,19). The van der Waals surface area contributed by atoms with Crippen molar-refractivity contribution in [1.29, 1.82) is 0 Å². The SMILES string of the molecule is C=C1C(CO)C(O)CC1n1cnc2c(=O)[nH]cnc21. The predicted octanol–water partition coefficient (Wildman–Crippen LogP) is -0.410. The van der Waals surface area contributed by atoms with Crippen LogP contribution >= 0.6 is 0 Å². The number of rotatable bonds is 2. The topological polar surface area (TPSA) is 104 Å². The van der Waals surface area contributed by atoms with Crippen molar-refractivity contribution in [3.63, 3.8) is 0 Å².